The zero-order valence-electron chi connectivity index (χ0n) is 13.2. The van der Waals surface area contributed by atoms with Gasteiger partial charge in [-0.25, -0.2) is 5.43 Å². The Bertz CT molecular complexity index is 988. The molecular formula is C17H11BrN4O3S. The molecule has 0 radical (unpaired) electrons. The summed E-state index contributed by atoms with van der Waals surface area (Å²) in [5.74, 6) is 1.26. The van der Waals surface area contributed by atoms with Crippen molar-refractivity contribution in [2.24, 2.45) is 5.10 Å². The van der Waals surface area contributed by atoms with Gasteiger partial charge in [0.15, 0.2) is 0 Å². The topological polar surface area (TPSA) is 89.6 Å². The zero-order valence-corrected chi connectivity index (χ0v) is 15.6. The van der Waals surface area contributed by atoms with E-state index in [2.05, 4.69) is 36.7 Å². The molecule has 0 atom stereocenters. The molecule has 0 unspecified atom stereocenters. The number of fused-ring (bicyclic) bond motifs is 1. The van der Waals surface area contributed by atoms with Crippen LogP contribution in [-0.2, 0) is 0 Å². The van der Waals surface area contributed by atoms with E-state index >= 15 is 0 Å². The number of carbonyl (C=O) groups is 1. The van der Waals surface area contributed by atoms with Crippen LogP contribution in [0.2, 0.25) is 0 Å². The molecule has 2 heterocycles. The van der Waals surface area contributed by atoms with Gasteiger partial charge in [-0.15, -0.1) is 15.3 Å². The van der Waals surface area contributed by atoms with Gasteiger partial charge in [-0.3, -0.25) is 4.79 Å². The molecule has 7 nitrogen and oxygen atoms in total. The molecule has 3 aromatic rings. The summed E-state index contributed by atoms with van der Waals surface area (Å²) in [5, 5.41) is 12.4. The Labute approximate surface area is 161 Å². The molecule has 26 heavy (non-hydrogen) atoms. The van der Waals surface area contributed by atoms with E-state index in [-0.39, 0.29) is 5.91 Å². The van der Waals surface area contributed by atoms with E-state index in [1.165, 1.54) is 11.8 Å². The molecule has 1 N–H and O–H groups in total. The number of thioether (sulfide) groups is 1. The van der Waals surface area contributed by atoms with Gasteiger partial charge in [0.25, 0.3) is 11.1 Å². The summed E-state index contributed by atoms with van der Waals surface area (Å²) in [5.41, 5.74) is 3.73. The first kappa shape index (κ1) is 16.8. The van der Waals surface area contributed by atoms with Crippen molar-refractivity contribution in [3.05, 3.63) is 58.6 Å². The van der Waals surface area contributed by atoms with E-state index in [0.29, 0.717) is 34.1 Å². The minimum Gasteiger partial charge on any atom is -0.440 e. The van der Waals surface area contributed by atoms with Crippen LogP contribution >= 0.6 is 27.7 Å². The van der Waals surface area contributed by atoms with Crippen molar-refractivity contribution in [2.45, 2.75) is 5.22 Å². The van der Waals surface area contributed by atoms with E-state index in [9.17, 15) is 4.79 Å². The number of para-hydroxylation sites is 1. The highest BCUT2D eigenvalue weighted by atomic mass is 79.9. The lowest BCUT2D eigenvalue weighted by Gasteiger charge is -2.06. The number of nitrogens with zero attached hydrogens (tertiary/aromatic N) is 3. The minimum absolute atomic E-state index is 0.309. The highest BCUT2D eigenvalue weighted by molar-refractivity contribution is 9.10. The predicted octanol–water partition coefficient (Wildman–Crippen LogP) is 3.73. The molecule has 1 aliphatic rings. The maximum absolute atomic E-state index is 12.0. The second-order valence-electron chi connectivity index (χ2n) is 5.21. The van der Waals surface area contributed by atoms with Crippen LogP contribution in [0.5, 0.6) is 5.75 Å². The molecule has 0 spiro atoms. The maximum Gasteiger partial charge on any atom is 0.277 e. The lowest BCUT2D eigenvalue weighted by Crippen LogP contribution is -2.18. The fourth-order valence-corrected chi connectivity index (χ4v) is 3.10. The number of hydrogen-bond donors (Lipinski definition) is 1. The molecule has 1 aliphatic heterocycles. The molecule has 4 rings (SSSR count). The smallest absolute Gasteiger partial charge is 0.277 e. The lowest BCUT2D eigenvalue weighted by molar-refractivity contribution is 0.0955. The molecule has 0 saturated heterocycles. The van der Waals surface area contributed by atoms with Gasteiger partial charge in [-0.1, -0.05) is 39.8 Å². The molecule has 130 valence electrons. The van der Waals surface area contributed by atoms with E-state index in [0.717, 1.165) is 10.0 Å². The number of ether oxygens (including phenoxy) is 1. The Hall–Kier alpha value is -2.65. The summed E-state index contributed by atoms with van der Waals surface area (Å²) < 4.78 is 12.3. The number of halogens is 1. The summed E-state index contributed by atoms with van der Waals surface area (Å²) in [6.45, 7) is 0. The van der Waals surface area contributed by atoms with Gasteiger partial charge in [-0.2, -0.15) is 0 Å². The second kappa shape index (κ2) is 7.30. The number of nitrogens with one attached hydrogen (secondary N) is 1. The molecule has 9 heteroatoms. The number of rotatable bonds is 4. The Morgan fingerprint density at radius 1 is 1.08 bits per heavy atom. The van der Waals surface area contributed by atoms with Gasteiger partial charge < -0.3 is 9.15 Å². The molecule has 0 bridgehead atoms. The Morgan fingerprint density at radius 3 is 2.73 bits per heavy atom. The van der Waals surface area contributed by atoms with Crippen LogP contribution in [0.25, 0.3) is 11.5 Å². The molecular weight excluding hydrogens is 420 g/mol. The van der Waals surface area contributed by atoms with Crippen LogP contribution in [0.4, 0.5) is 0 Å². The summed E-state index contributed by atoms with van der Waals surface area (Å²) in [4.78, 5) is 12.0. The van der Waals surface area contributed by atoms with Crippen molar-refractivity contribution in [1.29, 1.82) is 0 Å². The van der Waals surface area contributed by atoms with Gasteiger partial charge >= 0.3 is 0 Å². The fraction of sp³-hybridized carbons (Fsp3) is 0.0588. The van der Waals surface area contributed by atoms with Crippen molar-refractivity contribution in [3.8, 4) is 17.2 Å². The summed E-state index contributed by atoms with van der Waals surface area (Å²) in [7, 11) is 0. The maximum atomic E-state index is 12.0. The van der Waals surface area contributed by atoms with E-state index in [1.54, 1.807) is 24.3 Å². The number of carbonyl (C=O) groups excluding carboxylic acids is 1. The Kier molecular flexibility index (Phi) is 4.72. The Morgan fingerprint density at radius 2 is 1.88 bits per heavy atom. The SMILES string of the molecule is O=C1NN=C(CSc2nnc(-c3ccc(Br)cc3)o2)Oc2ccccc21. The lowest BCUT2D eigenvalue weighted by atomic mass is 10.2. The largest absolute Gasteiger partial charge is 0.440 e. The quantitative estimate of drug-likeness (QED) is 0.634. The van der Waals surface area contributed by atoms with Crippen LogP contribution in [0.15, 0.2) is 67.7 Å². The van der Waals surface area contributed by atoms with Crippen molar-refractivity contribution in [3.63, 3.8) is 0 Å². The number of aromatic nitrogens is 2. The van der Waals surface area contributed by atoms with Crippen LogP contribution < -0.4 is 10.2 Å². The normalized spacial score (nSPS) is 13.3. The molecule has 0 aliphatic carbocycles. The van der Waals surface area contributed by atoms with Gasteiger partial charge in [-0.05, 0) is 36.4 Å². The third-order valence-electron chi connectivity index (χ3n) is 3.46. The Balaban J connectivity index is 1.45. The van der Waals surface area contributed by atoms with E-state index in [1.807, 2.05) is 24.3 Å². The van der Waals surface area contributed by atoms with Crippen LogP contribution in [0, 0.1) is 0 Å². The third kappa shape index (κ3) is 3.63. The highest BCUT2D eigenvalue weighted by Gasteiger charge is 2.19. The molecule has 0 saturated carbocycles. The number of hydrogen-bond acceptors (Lipinski definition) is 7. The minimum atomic E-state index is -0.309. The zero-order chi connectivity index (χ0) is 17.9. The first-order valence-electron chi connectivity index (χ1n) is 7.55. The van der Waals surface area contributed by atoms with E-state index in [4.69, 9.17) is 9.15 Å². The van der Waals surface area contributed by atoms with Gasteiger partial charge in [0.2, 0.25) is 11.8 Å². The fourth-order valence-electron chi connectivity index (χ4n) is 2.23. The van der Waals surface area contributed by atoms with Crippen molar-refractivity contribution in [1.82, 2.24) is 15.6 Å². The summed E-state index contributed by atoms with van der Waals surface area (Å²) >= 11 is 4.66. The number of hydrazone groups is 1. The van der Waals surface area contributed by atoms with Crippen molar-refractivity contribution < 1.29 is 13.9 Å². The van der Waals surface area contributed by atoms with Crippen molar-refractivity contribution in [2.75, 3.05) is 5.75 Å². The average molecular weight is 431 g/mol. The predicted molar refractivity (Wildman–Crippen MR) is 100 cm³/mol. The van der Waals surface area contributed by atoms with Gasteiger partial charge in [0.05, 0.1) is 11.3 Å². The van der Waals surface area contributed by atoms with Crippen LogP contribution in [0.3, 0.4) is 0 Å². The molecule has 0 fully saturated rings. The first-order chi connectivity index (χ1) is 12.7. The highest BCUT2D eigenvalue weighted by Crippen LogP contribution is 2.26. The summed E-state index contributed by atoms with van der Waals surface area (Å²) in [6, 6.07) is 14.5. The van der Waals surface area contributed by atoms with E-state index < -0.39 is 0 Å². The summed E-state index contributed by atoms with van der Waals surface area (Å²) in [6.07, 6.45) is 0. The third-order valence-corrected chi connectivity index (χ3v) is 4.79. The monoisotopic (exact) mass is 430 g/mol. The van der Waals surface area contributed by atoms with Gasteiger partial charge in [0.1, 0.15) is 5.75 Å². The number of amides is 1. The second-order valence-corrected chi connectivity index (χ2v) is 7.06. The van der Waals surface area contributed by atoms with Gasteiger partial charge in [0, 0.05) is 10.0 Å². The molecule has 2 aromatic carbocycles. The molecule has 1 amide bonds. The van der Waals surface area contributed by atoms with Crippen LogP contribution in [-0.4, -0.2) is 27.8 Å². The number of benzene rings is 2. The average Bonchev–Trinajstić information content (AvgIpc) is 3.07. The molecule has 1 aromatic heterocycles. The first-order valence-corrected chi connectivity index (χ1v) is 9.33. The van der Waals surface area contributed by atoms with Crippen LogP contribution in [0.1, 0.15) is 10.4 Å². The standard InChI is InChI=1S/C17H11BrN4O3S/c18-11-7-5-10(6-8-11)16-21-22-17(25-16)26-9-14-19-20-15(23)12-3-1-2-4-13(12)24-14/h1-8H,9H2,(H,20,23). The van der Waals surface area contributed by atoms with Crippen molar-refractivity contribution >= 4 is 39.5 Å².